The summed E-state index contributed by atoms with van der Waals surface area (Å²) in [6.07, 6.45) is -0.936. The van der Waals surface area contributed by atoms with Crippen molar-refractivity contribution in [2.45, 2.75) is 19.4 Å². The van der Waals surface area contributed by atoms with E-state index in [1.165, 1.54) is 11.8 Å². The highest BCUT2D eigenvalue weighted by atomic mass is 35.5. The molecule has 0 aliphatic carbocycles. The highest BCUT2D eigenvalue weighted by Crippen LogP contribution is 2.31. The molecule has 2 aromatic rings. The minimum absolute atomic E-state index is 0.0198. The summed E-state index contributed by atoms with van der Waals surface area (Å²) in [5.41, 5.74) is 0.963. The van der Waals surface area contributed by atoms with Crippen LogP contribution in [0.3, 0.4) is 0 Å². The fourth-order valence-corrected chi connectivity index (χ4v) is 3.31. The number of para-hydroxylation sites is 1. The second-order valence-corrected chi connectivity index (χ2v) is 7.15. The molecule has 0 bridgehead atoms. The van der Waals surface area contributed by atoms with Crippen molar-refractivity contribution in [3.63, 3.8) is 0 Å². The third-order valence-corrected chi connectivity index (χ3v) is 4.96. The Morgan fingerprint density at radius 1 is 1.11 bits per heavy atom. The number of hydrogen-bond donors (Lipinski definition) is 0. The number of ketones is 1. The number of esters is 1. The summed E-state index contributed by atoms with van der Waals surface area (Å²) in [5.74, 6) is -1.75. The maximum atomic E-state index is 12.4. The van der Waals surface area contributed by atoms with Crippen LogP contribution in [0.1, 0.15) is 23.7 Å². The number of carbonyl (C=O) groups excluding carboxylic acids is 3. The molecule has 140 valence electrons. The smallest absolute Gasteiger partial charge is 0.312 e. The van der Waals surface area contributed by atoms with Crippen LogP contribution in [0.5, 0.6) is 0 Å². The highest BCUT2D eigenvalue weighted by molar-refractivity contribution is 6.34. The highest BCUT2D eigenvalue weighted by Gasteiger charge is 2.38. The van der Waals surface area contributed by atoms with Crippen molar-refractivity contribution >= 4 is 46.5 Å². The summed E-state index contributed by atoms with van der Waals surface area (Å²) in [6, 6.07) is 13.3. The van der Waals surface area contributed by atoms with Crippen molar-refractivity contribution in [1.29, 1.82) is 0 Å². The Labute approximate surface area is 166 Å². The van der Waals surface area contributed by atoms with Gasteiger partial charge >= 0.3 is 5.97 Å². The second kappa shape index (κ2) is 8.11. The summed E-state index contributed by atoms with van der Waals surface area (Å²) in [5, 5.41) is 0.950. The standard InChI is InChI=1S/C20H17Cl2NO4/c1-12(19(25)13-6-8-15(21)9-7-13)27-20(26)14-10-18(24)23(11-14)17-5-3-2-4-16(17)22/h2-9,12,14H,10-11H2,1H3/t12-,14+/m0/s1. The molecule has 0 saturated carbocycles. The van der Waals surface area contributed by atoms with E-state index in [-0.39, 0.29) is 24.7 Å². The maximum absolute atomic E-state index is 12.4. The number of nitrogens with zero attached hydrogens (tertiary/aromatic N) is 1. The molecule has 2 aromatic carbocycles. The number of anilines is 1. The maximum Gasteiger partial charge on any atom is 0.312 e. The van der Waals surface area contributed by atoms with Crippen molar-refractivity contribution in [3.05, 3.63) is 64.1 Å². The van der Waals surface area contributed by atoms with Gasteiger partial charge in [0.1, 0.15) is 0 Å². The zero-order chi connectivity index (χ0) is 19.6. The predicted octanol–water partition coefficient (Wildman–Crippen LogP) is 4.16. The molecule has 0 aromatic heterocycles. The Bertz CT molecular complexity index is 882. The number of hydrogen-bond acceptors (Lipinski definition) is 4. The average Bonchev–Trinajstić information content (AvgIpc) is 3.04. The summed E-state index contributed by atoms with van der Waals surface area (Å²) >= 11 is 12.0. The van der Waals surface area contributed by atoms with E-state index in [4.69, 9.17) is 27.9 Å². The van der Waals surface area contributed by atoms with Crippen molar-refractivity contribution in [1.82, 2.24) is 0 Å². The van der Waals surface area contributed by atoms with Gasteiger partial charge in [-0.15, -0.1) is 0 Å². The Kier molecular flexibility index (Phi) is 5.82. The molecule has 7 heteroatoms. The van der Waals surface area contributed by atoms with Gasteiger partial charge in [-0.05, 0) is 43.3 Å². The summed E-state index contributed by atoms with van der Waals surface area (Å²) < 4.78 is 5.31. The average molecular weight is 406 g/mol. The van der Waals surface area contributed by atoms with Gasteiger partial charge in [-0.25, -0.2) is 0 Å². The first-order valence-corrected chi connectivity index (χ1v) is 9.17. The van der Waals surface area contributed by atoms with E-state index < -0.39 is 18.0 Å². The second-order valence-electron chi connectivity index (χ2n) is 6.31. The molecule has 1 fully saturated rings. The molecule has 5 nitrogen and oxygen atoms in total. The number of carbonyl (C=O) groups is 3. The lowest BCUT2D eigenvalue weighted by molar-refractivity contribution is -0.151. The Morgan fingerprint density at radius 3 is 2.44 bits per heavy atom. The number of Topliss-reactive ketones (excluding diaryl/α,β-unsaturated/α-hetero) is 1. The zero-order valence-electron chi connectivity index (χ0n) is 14.5. The SMILES string of the molecule is C[C@H](OC(=O)[C@@H]1CC(=O)N(c2ccccc2Cl)C1)C(=O)c1ccc(Cl)cc1. The van der Waals surface area contributed by atoms with Crippen molar-refractivity contribution in [2.24, 2.45) is 5.92 Å². The van der Waals surface area contributed by atoms with Gasteiger partial charge in [0.25, 0.3) is 0 Å². The van der Waals surface area contributed by atoms with Gasteiger partial charge in [0.05, 0.1) is 16.6 Å². The number of rotatable bonds is 5. The van der Waals surface area contributed by atoms with Gasteiger partial charge in [-0.1, -0.05) is 35.3 Å². The Balaban J connectivity index is 1.64. The van der Waals surface area contributed by atoms with Crippen LogP contribution in [0, 0.1) is 5.92 Å². The van der Waals surface area contributed by atoms with Crippen LogP contribution in [-0.2, 0) is 14.3 Å². The largest absolute Gasteiger partial charge is 0.454 e. The van der Waals surface area contributed by atoms with Gasteiger partial charge < -0.3 is 9.64 Å². The van der Waals surface area contributed by atoms with Gasteiger partial charge in [0, 0.05) is 23.6 Å². The molecule has 1 aliphatic heterocycles. The van der Waals surface area contributed by atoms with Crippen LogP contribution in [0.2, 0.25) is 10.0 Å². The monoisotopic (exact) mass is 405 g/mol. The van der Waals surface area contributed by atoms with Crippen LogP contribution < -0.4 is 4.90 Å². The number of ether oxygens (including phenoxy) is 1. The first-order valence-electron chi connectivity index (χ1n) is 8.42. The van der Waals surface area contributed by atoms with Crippen molar-refractivity contribution < 1.29 is 19.1 Å². The Morgan fingerprint density at radius 2 is 1.78 bits per heavy atom. The molecule has 3 rings (SSSR count). The number of amides is 1. The van der Waals surface area contributed by atoms with Gasteiger partial charge in [-0.3, -0.25) is 14.4 Å². The quantitative estimate of drug-likeness (QED) is 0.553. The lowest BCUT2D eigenvalue weighted by Gasteiger charge is -2.18. The molecule has 0 unspecified atom stereocenters. The van der Waals surface area contributed by atoms with Crippen LogP contribution in [0.4, 0.5) is 5.69 Å². The van der Waals surface area contributed by atoms with E-state index in [2.05, 4.69) is 0 Å². The van der Waals surface area contributed by atoms with Crippen LogP contribution in [0.25, 0.3) is 0 Å². The van der Waals surface area contributed by atoms with Gasteiger partial charge in [0.15, 0.2) is 6.10 Å². The van der Waals surface area contributed by atoms with Crippen LogP contribution in [-0.4, -0.2) is 30.3 Å². The Hall–Kier alpha value is -2.37. The lowest BCUT2D eigenvalue weighted by atomic mass is 10.1. The van der Waals surface area contributed by atoms with Crippen molar-refractivity contribution in [2.75, 3.05) is 11.4 Å². The summed E-state index contributed by atoms with van der Waals surface area (Å²) in [7, 11) is 0. The van der Waals surface area contributed by atoms with E-state index >= 15 is 0 Å². The van der Waals surface area contributed by atoms with Gasteiger partial charge in [-0.2, -0.15) is 0 Å². The van der Waals surface area contributed by atoms with E-state index in [9.17, 15) is 14.4 Å². The van der Waals surface area contributed by atoms with E-state index in [0.29, 0.717) is 21.3 Å². The predicted molar refractivity (Wildman–Crippen MR) is 103 cm³/mol. The van der Waals surface area contributed by atoms with Crippen LogP contribution in [0.15, 0.2) is 48.5 Å². The van der Waals surface area contributed by atoms with E-state index in [1.807, 2.05) is 0 Å². The fraction of sp³-hybridized carbons (Fsp3) is 0.250. The van der Waals surface area contributed by atoms with E-state index in [1.54, 1.807) is 48.5 Å². The molecule has 27 heavy (non-hydrogen) atoms. The molecule has 1 heterocycles. The molecular formula is C20H17Cl2NO4. The molecule has 1 amide bonds. The third kappa shape index (κ3) is 4.31. The van der Waals surface area contributed by atoms with Crippen molar-refractivity contribution in [3.8, 4) is 0 Å². The molecular weight excluding hydrogens is 389 g/mol. The molecule has 1 saturated heterocycles. The number of benzene rings is 2. The number of halogens is 2. The lowest BCUT2D eigenvalue weighted by Crippen LogP contribution is -2.30. The molecule has 0 radical (unpaired) electrons. The minimum atomic E-state index is -0.955. The summed E-state index contributed by atoms with van der Waals surface area (Å²) in [4.78, 5) is 38.6. The fourth-order valence-electron chi connectivity index (χ4n) is 2.94. The summed E-state index contributed by atoms with van der Waals surface area (Å²) in [6.45, 7) is 1.68. The molecule has 0 spiro atoms. The normalized spacial score (nSPS) is 17.7. The first kappa shape index (κ1) is 19.4. The first-order chi connectivity index (χ1) is 12.9. The van der Waals surface area contributed by atoms with Crippen LogP contribution >= 0.6 is 23.2 Å². The topological polar surface area (TPSA) is 63.7 Å². The zero-order valence-corrected chi connectivity index (χ0v) is 16.0. The molecule has 0 N–H and O–H groups in total. The minimum Gasteiger partial charge on any atom is -0.454 e. The van der Waals surface area contributed by atoms with Gasteiger partial charge in [0.2, 0.25) is 11.7 Å². The van der Waals surface area contributed by atoms with E-state index in [0.717, 1.165) is 0 Å². The molecule has 1 aliphatic rings. The molecule has 2 atom stereocenters. The third-order valence-electron chi connectivity index (χ3n) is 4.39.